The molecule has 2 N–H and O–H groups in total. The highest BCUT2D eigenvalue weighted by Gasteiger charge is 2.24. The summed E-state index contributed by atoms with van der Waals surface area (Å²) >= 11 is 3.52. The van der Waals surface area contributed by atoms with E-state index in [0.29, 0.717) is 17.4 Å². The van der Waals surface area contributed by atoms with E-state index in [4.69, 9.17) is 5.11 Å². The molecule has 0 saturated heterocycles. The second-order valence-electron chi connectivity index (χ2n) is 5.22. The van der Waals surface area contributed by atoms with E-state index in [1.807, 2.05) is 0 Å². The van der Waals surface area contributed by atoms with Crippen molar-refractivity contribution in [1.82, 2.24) is 5.32 Å². The maximum Gasteiger partial charge on any atom is 0.254 e. The van der Waals surface area contributed by atoms with E-state index >= 15 is 0 Å². The van der Waals surface area contributed by atoms with Gasteiger partial charge in [0.15, 0.2) is 17.4 Å². The first kappa shape index (κ1) is 16.1. The van der Waals surface area contributed by atoms with Crippen molar-refractivity contribution in [1.29, 1.82) is 0 Å². The lowest BCUT2D eigenvalue weighted by Crippen LogP contribution is -2.32. The Morgan fingerprint density at radius 3 is 2.71 bits per heavy atom. The fraction of sp³-hybridized carbons (Fsp3) is 0.500. The molecule has 0 bridgehead atoms. The van der Waals surface area contributed by atoms with Gasteiger partial charge >= 0.3 is 0 Å². The van der Waals surface area contributed by atoms with E-state index in [2.05, 4.69) is 21.2 Å². The minimum atomic E-state index is -1.70. The lowest BCUT2D eigenvalue weighted by molar-refractivity contribution is 0.0938. The zero-order valence-electron chi connectivity index (χ0n) is 11.1. The Morgan fingerprint density at radius 1 is 1.33 bits per heavy atom. The molecule has 1 amide bonds. The SMILES string of the molecule is O=C(NCC1CCCC(Br)C1)c1cc(F)c(F)c(O)c1F. The van der Waals surface area contributed by atoms with Crippen LogP contribution in [0, 0.1) is 23.4 Å². The minimum Gasteiger partial charge on any atom is -0.503 e. The molecule has 2 atom stereocenters. The number of nitrogens with one attached hydrogen (secondary N) is 1. The first-order chi connectivity index (χ1) is 9.90. The Labute approximate surface area is 128 Å². The number of carbonyl (C=O) groups excluding carboxylic acids is 1. The molecule has 0 spiro atoms. The van der Waals surface area contributed by atoms with Gasteiger partial charge in [0.2, 0.25) is 5.82 Å². The number of hydrogen-bond donors (Lipinski definition) is 2. The maximum absolute atomic E-state index is 13.6. The second kappa shape index (κ2) is 6.68. The number of amides is 1. The maximum atomic E-state index is 13.6. The number of rotatable bonds is 3. The van der Waals surface area contributed by atoms with E-state index in [1.165, 1.54) is 0 Å². The van der Waals surface area contributed by atoms with Gasteiger partial charge in [0.05, 0.1) is 5.56 Å². The van der Waals surface area contributed by atoms with Gasteiger partial charge in [-0.15, -0.1) is 0 Å². The lowest BCUT2D eigenvalue weighted by atomic mass is 9.89. The van der Waals surface area contributed by atoms with Crippen LogP contribution in [0.2, 0.25) is 0 Å². The highest BCUT2D eigenvalue weighted by Crippen LogP contribution is 2.29. The second-order valence-corrected chi connectivity index (χ2v) is 6.52. The molecule has 0 aliphatic heterocycles. The summed E-state index contributed by atoms with van der Waals surface area (Å²) in [5.41, 5.74) is -0.697. The van der Waals surface area contributed by atoms with Crippen LogP contribution in [0.3, 0.4) is 0 Å². The Morgan fingerprint density at radius 2 is 2.05 bits per heavy atom. The molecule has 21 heavy (non-hydrogen) atoms. The first-order valence-corrected chi connectivity index (χ1v) is 7.60. The van der Waals surface area contributed by atoms with Crippen LogP contribution in [-0.2, 0) is 0 Å². The quantitative estimate of drug-likeness (QED) is 0.636. The molecule has 1 fully saturated rings. The topological polar surface area (TPSA) is 49.3 Å². The van der Waals surface area contributed by atoms with Crippen molar-refractivity contribution in [3.8, 4) is 5.75 Å². The van der Waals surface area contributed by atoms with Crippen LogP contribution in [-0.4, -0.2) is 22.4 Å². The predicted molar refractivity (Wildman–Crippen MR) is 75.0 cm³/mol. The third-order valence-electron chi connectivity index (χ3n) is 3.65. The summed E-state index contributed by atoms with van der Waals surface area (Å²) in [6.07, 6.45) is 3.96. The van der Waals surface area contributed by atoms with Gasteiger partial charge in [-0.2, -0.15) is 4.39 Å². The summed E-state index contributed by atoms with van der Waals surface area (Å²) in [6.45, 7) is 0.333. The van der Waals surface area contributed by atoms with Crippen LogP contribution in [0.1, 0.15) is 36.0 Å². The molecule has 3 nitrogen and oxygen atoms in total. The Bertz CT molecular complexity index is 554. The number of benzene rings is 1. The lowest BCUT2D eigenvalue weighted by Gasteiger charge is -2.25. The third kappa shape index (κ3) is 3.70. The van der Waals surface area contributed by atoms with Crippen LogP contribution in [0.15, 0.2) is 6.07 Å². The number of carbonyl (C=O) groups is 1. The molecule has 1 saturated carbocycles. The third-order valence-corrected chi connectivity index (χ3v) is 4.48. The van der Waals surface area contributed by atoms with Gasteiger partial charge in [0.1, 0.15) is 0 Å². The summed E-state index contributed by atoms with van der Waals surface area (Å²) in [7, 11) is 0. The summed E-state index contributed by atoms with van der Waals surface area (Å²) in [5.74, 6) is -6.69. The van der Waals surface area contributed by atoms with E-state index in [-0.39, 0.29) is 5.92 Å². The number of alkyl halides is 1. The number of aromatic hydroxyl groups is 1. The molecule has 0 aromatic heterocycles. The Hall–Kier alpha value is -1.24. The van der Waals surface area contributed by atoms with E-state index in [1.54, 1.807) is 0 Å². The van der Waals surface area contributed by atoms with Crippen molar-refractivity contribution in [3.63, 3.8) is 0 Å². The minimum absolute atomic E-state index is 0.258. The molecular formula is C14H15BrF3NO2. The molecular weight excluding hydrogens is 351 g/mol. The molecule has 0 heterocycles. The Kier molecular flexibility index (Phi) is 5.13. The molecule has 116 valence electrons. The van der Waals surface area contributed by atoms with Crippen LogP contribution in [0.4, 0.5) is 13.2 Å². The van der Waals surface area contributed by atoms with Gasteiger partial charge in [-0.25, -0.2) is 8.78 Å². The van der Waals surface area contributed by atoms with Gasteiger partial charge in [-0.05, 0) is 31.2 Å². The fourth-order valence-corrected chi connectivity index (χ4v) is 3.35. The molecule has 0 radical (unpaired) electrons. The average Bonchev–Trinajstić information content (AvgIpc) is 2.46. The van der Waals surface area contributed by atoms with Crippen molar-refractivity contribution in [3.05, 3.63) is 29.1 Å². The highest BCUT2D eigenvalue weighted by molar-refractivity contribution is 9.09. The highest BCUT2D eigenvalue weighted by atomic mass is 79.9. The molecule has 1 aliphatic rings. The van der Waals surface area contributed by atoms with Crippen molar-refractivity contribution >= 4 is 21.8 Å². The zero-order chi connectivity index (χ0) is 15.6. The van der Waals surface area contributed by atoms with Crippen LogP contribution < -0.4 is 5.32 Å². The zero-order valence-corrected chi connectivity index (χ0v) is 12.7. The van der Waals surface area contributed by atoms with Crippen molar-refractivity contribution in [2.45, 2.75) is 30.5 Å². The number of hydrogen-bond acceptors (Lipinski definition) is 2. The molecule has 1 aromatic carbocycles. The number of phenolic OH excluding ortho intramolecular Hbond substituents is 1. The van der Waals surface area contributed by atoms with Gasteiger partial charge in [-0.1, -0.05) is 22.4 Å². The summed E-state index contributed by atoms with van der Waals surface area (Å²) < 4.78 is 39.7. The molecule has 2 rings (SSSR count). The summed E-state index contributed by atoms with van der Waals surface area (Å²) in [6, 6.07) is 0.452. The van der Waals surface area contributed by atoms with Gasteiger partial charge in [-0.3, -0.25) is 4.79 Å². The van der Waals surface area contributed by atoms with Gasteiger partial charge < -0.3 is 10.4 Å². The largest absolute Gasteiger partial charge is 0.503 e. The summed E-state index contributed by atoms with van der Waals surface area (Å²) in [4.78, 5) is 12.2. The molecule has 7 heteroatoms. The van der Waals surface area contributed by atoms with E-state index < -0.39 is 34.7 Å². The fourth-order valence-electron chi connectivity index (χ4n) is 2.50. The monoisotopic (exact) mass is 365 g/mol. The van der Waals surface area contributed by atoms with Gasteiger partial charge in [0.25, 0.3) is 5.91 Å². The van der Waals surface area contributed by atoms with Crippen LogP contribution in [0.25, 0.3) is 0 Å². The first-order valence-electron chi connectivity index (χ1n) is 6.69. The van der Waals surface area contributed by atoms with E-state index in [0.717, 1.165) is 25.7 Å². The molecule has 1 aromatic rings. The number of phenols is 1. The van der Waals surface area contributed by atoms with Crippen molar-refractivity contribution < 1.29 is 23.1 Å². The standard InChI is InChI=1S/C14H15BrF3NO2/c15-8-3-1-2-7(4-8)6-19-14(21)9-5-10(16)12(18)13(20)11(9)17/h5,7-8,20H,1-4,6H2,(H,19,21). The molecule has 2 unspecified atom stereocenters. The van der Waals surface area contributed by atoms with E-state index in [9.17, 15) is 18.0 Å². The average molecular weight is 366 g/mol. The van der Waals surface area contributed by atoms with Crippen molar-refractivity contribution in [2.75, 3.05) is 6.54 Å². The Balaban J connectivity index is 2.04. The smallest absolute Gasteiger partial charge is 0.254 e. The number of halogens is 4. The summed E-state index contributed by atoms with van der Waals surface area (Å²) in [5, 5.41) is 11.6. The predicted octanol–water partition coefficient (Wildman–Crippen LogP) is 3.49. The molecule has 1 aliphatic carbocycles. The van der Waals surface area contributed by atoms with Crippen LogP contribution in [0.5, 0.6) is 5.75 Å². The normalized spacial score (nSPS) is 22.1. The van der Waals surface area contributed by atoms with Crippen molar-refractivity contribution in [2.24, 2.45) is 5.92 Å². The van der Waals surface area contributed by atoms with Gasteiger partial charge in [0, 0.05) is 11.4 Å². The van der Waals surface area contributed by atoms with Crippen LogP contribution >= 0.6 is 15.9 Å².